The van der Waals surface area contributed by atoms with Gasteiger partial charge in [0.2, 0.25) is 5.82 Å². The number of amides is 1. The predicted molar refractivity (Wildman–Crippen MR) is 70.7 cm³/mol. The molecule has 0 unspecified atom stereocenters. The lowest BCUT2D eigenvalue weighted by molar-refractivity contribution is 0.101. The van der Waals surface area contributed by atoms with Gasteiger partial charge in [0.15, 0.2) is 0 Å². The van der Waals surface area contributed by atoms with Crippen LogP contribution in [0.2, 0.25) is 0 Å². The van der Waals surface area contributed by atoms with Crippen LogP contribution in [0.3, 0.4) is 0 Å². The van der Waals surface area contributed by atoms with E-state index in [9.17, 15) is 4.79 Å². The van der Waals surface area contributed by atoms with Crippen LogP contribution in [0.25, 0.3) is 0 Å². The standard InChI is InChI=1S/C14H12N4O/c1-2-9-4-3-5-11(8-9)15-14(19)13-16-12(17-18-13)10-6-7-10/h1,3-5,8,10H,6-7H2,(H,15,19)(H,16,17,18). The van der Waals surface area contributed by atoms with E-state index in [-0.39, 0.29) is 11.7 Å². The molecule has 0 atom stereocenters. The van der Waals surface area contributed by atoms with Crippen LogP contribution < -0.4 is 5.32 Å². The molecule has 19 heavy (non-hydrogen) atoms. The highest BCUT2D eigenvalue weighted by molar-refractivity contribution is 6.01. The van der Waals surface area contributed by atoms with Gasteiger partial charge in [0.05, 0.1) is 0 Å². The lowest BCUT2D eigenvalue weighted by atomic mass is 10.2. The first-order valence-corrected chi connectivity index (χ1v) is 6.06. The summed E-state index contributed by atoms with van der Waals surface area (Å²) in [5.74, 6) is 3.58. The molecule has 5 heteroatoms. The first-order chi connectivity index (χ1) is 9.26. The number of anilines is 1. The van der Waals surface area contributed by atoms with Crippen molar-refractivity contribution in [2.75, 3.05) is 5.32 Å². The van der Waals surface area contributed by atoms with Crippen molar-refractivity contribution in [3.8, 4) is 12.3 Å². The summed E-state index contributed by atoms with van der Waals surface area (Å²) in [5, 5.41) is 9.46. The molecule has 3 rings (SSSR count). The molecule has 0 spiro atoms. The van der Waals surface area contributed by atoms with Crippen LogP contribution in [0.1, 0.15) is 40.8 Å². The minimum absolute atomic E-state index is 0.160. The number of aromatic nitrogens is 3. The van der Waals surface area contributed by atoms with Gasteiger partial charge in [-0.1, -0.05) is 12.0 Å². The van der Waals surface area contributed by atoms with Crippen LogP contribution in [-0.4, -0.2) is 21.1 Å². The van der Waals surface area contributed by atoms with E-state index < -0.39 is 0 Å². The number of hydrogen-bond donors (Lipinski definition) is 2. The topological polar surface area (TPSA) is 70.7 Å². The third kappa shape index (κ3) is 2.47. The van der Waals surface area contributed by atoms with Crippen molar-refractivity contribution in [3.63, 3.8) is 0 Å². The largest absolute Gasteiger partial charge is 0.319 e. The fraction of sp³-hybridized carbons (Fsp3) is 0.214. The molecule has 1 aliphatic carbocycles. The summed E-state index contributed by atoms with van der Waals surface area (Å²) in [5.41, 5.74) is 1.35. The number of H-pyrrole nitrogens is 1. The molecule has 0 saturated heterocycles. The molecule has 1 saturated carbocycles. The number of aromatic amines is 1. The van der Waals surface area contributed by atoms with E-state index in [1.807, 2.05) is 0 Å². The van der Waals surface area contributed by atoms with Gasteiger partial charge in [-0.2, -0.15) is 0 Å². The molecule has 0 bridgehead atoms. The van der Waals surface area contributed by atoms with Crippen LogP contribution in [0, 0.1) is 12.3 Å². The van der Waals surface area contributed by atoms with Gasteiger partial charge in [-0.3, -0.25) is 9.89 Å². The molecule has 0 aliphatic heterocycles. The maximum Gasteiger partial charge on any atom is 0.295 e. The van der Waals surface area contributed by atoms with Crippen LogP contribution in [0.4, 0.5) is 5.69 Å². The highest BCUT2D eigenvalue weighted by atomic mass is 16.2. The fourth-order valence-corrected chi connectivity index (χ4v) is 1.79. The van der Waals surface area contributed by atoms with Gasteiger partial charge < -0.3 is 5.32 Å². The molecule has 1 aliphatic rings. The van der Waals surface area contributed by atoms with E-state index in [4.69, 9.17) is 6.42 Å². The zero-order valence-corrected chi connectivity index (χ0v) is 10.2. The van der Waals surface area contributed by atoms with Crippen molar-refractivity contribution in [3.05, 3.63) is 41.5 Å². The molecule has 1 amide bonds. The van der Waals surface area contributed by atoms with E-state index in [1.54, 1.807) is 24.3 Å². The number of rotatable bonds is 3. The highest BCUT2D eigenvalue weighted by Gasteiger charge is 2.28. The Morgan fingerprint density at radius 2 is 2.32 bits per heavy atom. The van der Waals surface area contributed by atoms with Gasteiger partial charge in [-0.25, -0.2) is 4.98 Å². The minimum Gasteiger partial charge on any atom is -0.319 e. The average molecular weight is 252 g/mol. The van der Waals surface area contributed by atoms with E-state index in [2.05, 4.69) is 26.4 Å². The molecule has 0 radical (unpaired) electrons. The number of terminal acetylenes is 1. The van der Waals surface area contributed by atoms with Gasteiger partial charge in [-0.15, -0.1) is 11.5 Å². The minimum atomic E-state index is -0.336. The molecule has 1 fully saturated rings. The van der Waals surface area contributed by atoms with Crippen molar-refractivity contribution in [1.29, 1.82) is 0 Å². The van der Waals surface area contributed by atoms with Crippen molar-refractivity contribution in [1.82, 2.24) is 15.2 Å². The maximum absolute atomic E-state index is 12.0. The highest BCUT2D eigenvalue weighted by Crippen LogP contribution is 2.37. The molecular formula is C14H12N4O. The molecule has 94 valence electrons. The van der Waals surface area contributed by atoms with Crippen LogP contribution in [-0.2, 0) is 0 Å². The van der Waals surface area contributed by atoms with Gasteiger partial charge in [-0.05, 0) is 31.0 Å². The molecular weight excluding hydrogens is 240 g/mol. The summed E-state index contributed by atoms with van der Waals surface area (Å²) in [6.45, 7) is 0. The first-order valence-electron chi connectivity index (χ1n) is 6.06. The Balaban J connectivity index is 1.74. The van der Waals surface area contributed by atoms with Crippen molar-refractivity contribution < 1.29 is 4.79 Å². The second kappa shape index (κ2) is 4.58. The first kappa shape index (κ1) is 11.5. The Hall–Kier alpha value is -2.61. The average Bonchev–Trinajstić information content (AvgIpc) is 3.16. The van der Waals surface area contributed by atoms with E-state index in [1.165, 1.54) is 0 Å². The summed E-state index contributed by atoms with van der Waals surface area (Å²) in [4.78, 5) is 16.2. The number of nitrogens with one attached hydrogen (secondary N) is 2. The van der Waals surface area contributed by atoms with Gasteiger partial charge in [0, 0.05) is 17.2 Å². The third-order valence-electron chi connectivity index (χ3n) is 2.96. The summed E-state index contributed by atoms with van der Waals surface area (Å²) < 4.78 is 0. The molecule has 1 aromatic heterocycles. The van der Waals surface area contributed by atoms with Gasteiger partial charge >= 0.3 is 0 Å². The van der Waals surface area contributed by atoms with Gasteiger partial charge in [0.25, 0.3) is 5.91 Å². The number of carbonyl (C=O) groups is 1. The van der Waals surface area contributed by atoms with Crippen LogP contribution in [0.5, 0.6) is 0 Å². The summed E-state index contributed by atoms with van der Waals surface area (Å²) in [6.07, 6.45) is 7.53. The molecule has 1 aromatic carbocycles. The number of hydrogen-bond acceptors (Lipinski definition) is 3. The smallest absolute Gasteiger partial charge is 0.295 e. The zero-order chi connectivity index (χ0) is 13.2. The summed E-state index contributed by atoms with van der Waals surface area (Å²) in [7, 11) is 0. The zero-order valence-electron chi connectivity index (χ0n) is 10.2. The number of benzene rings is 1. The monoisotopic (exact) mass is 252 g/mol. The quantitative estimate of drug-likeness (QED) is 0.820. The fourth-order valence-electron chi connectivity index (χ4n) is 1.79. The second-order valence-corrected chi connectivity index (χ2v) is 4.50. The number of nitrogens with zero attached hydrogens (tertiary/aromatic N) is 2. The number of carbonyl (C=O) groups excluding carboxylic acids is 1. The Bertz CT molecular complexity index is 664. The Labute approximate surface area is 110 Å². The maximum atomic E-state index is 12.0. The summed E-state index contributed by atoms with van der Waals surface area (Å²) >= 11 is 0. The molecule has 2 N–H and O–H groups in total. The van der Waals surface area contributed by atoms with Gasteiger partial charge in [0.1, 0.15) is 5.82 Å². The molecule has 1 heterocycles. The SMILES string of the molecule is C#Cc1cccc(NC(=O)c2n[nH]c(C3CC3)n2)c1. The van der Waals surface area contributed by atoms with Crippen LogP contribution >= 0.6 is 0 Å². The lowest BCUT2D eigenvalue weighted by Crippen LogP contribution is -2.13. The lowest BCUT2D eigenvalue weighted by Gasteiger charge is -2.02. The predicted octanol–water partition coefficient (Wildman–Crippen LogP) is 1.92. The molecule has 2 aromatic rings. The van der Waals surface area contributed by atoms with Crippen molar-refractivity contribution >= 4 is 11.6 Å². The summed E-state index contributed by atoms with van der Waals surface area (Å²) in [6, 6.07) is 7.09. The molecule has 5 nitrogen and oxygen atoms in total. The Morgan fingerprint density at radius 3 is 3.05 bits per heavy atom. The van der Waals surface area contributed by atoms with Crippen LogP contribution in [0.15, 0.2) is 24.3 Å². The van der Waals surface area contributed by atoms with Crippen molar-refractivity contribution in [2.45, 2.75) is 18.8 Å². The third-order valence-corrected chi connectivity index (χ3v) is 2.96. The normalized spacial score (nSPS) is 13.8. The second-order valence-electron chi connectivity index (χ2n) is 4.50. The Kier molecular flexibility index (Phi) is 2.76. The Morgan fingerprint density at radius 1 is 1.47 bits per heavy atom. The van der Waals surface area contributed by atoms with E-state index >= 15 is 0 Å². The van der Waals surface area contributed by atoms with Crippen molar-refractivity contribution in [2.24, 2.45) is 0 Å². The van der Waals surface area contributed by atoms with E-state index in [0.29, 0.717) is 17.2 Å². The van der Waals surface area contributed by atoms with E-state index in [0.717, 1.165) is 18.7 Å².